The number of aromatic nitrogens is 2. The van der Waals surface area contributed by atoms with Crippen molar-refractivity contribution in [3.63, 3.8) is 0 Å². The highest BCUT2D eigenvalue weighted by molar-refractivity contribution is 6.33. The highest BCUT2D eigenvalue weighted by Gasteiger charge is 2.29. The van der Waals surface area contributed by atoms with Crippen molar-refractivity contribution >= 4 is 17.4 Å². The van der Waals surface area contributed by atoms with Crippen LogP contribution < -0.4 is 5.32 Å². The normalized spacial score (nSPS) is 24.8. The first-order chi connectivity index (χ1) is 7.79. The van der Waals surface area contributed by atoms with E-state index in [2.05, 4.69) is 16.9 Å². The Morgan fingerprint density at radius 2 is 2.31 bits per heavy atom. The lowest BCUT2D eigenvalue weighted by Crippen LogP contribution is -2.27. The Hall–Kier alpha value is -0.700. The lowest BCUT2D eigenvalue weighted by Gasteiger charge is -2.23. The molecule has 1 N–H and O–H groups in total. The van der Waals surface area contributed by atoms with Crippen LogP contribution in [-0.2, 0) is 6.54 Å². The largest absolute Gasteiger partial charge is 0.369 e. The van der Waals surface area contributed by atoms with Crippen LogP contribution in [0, 0.1) is 5.92 Å². The lowest BCUT2D eigenvalue weighted by molar-refractivity contribution is 0.382. The summed E-state index contributed by atoms with van der Waals surface area (Å²) in [6, 6.07) is 0. The second kappa shape index (κ2) is 3.95. The standard InChI is InChI=1S/C12H18ClN3/c1-2-8-6-14-12-10(13)11(9-4-3-5-9)15-16(12)7-8/h8-9,14H,2-7H2,1H3. The molecule has 1 atom stereocenters. The van der Waals surface area contributed by atoms with Gasteiger partial charge >= 0.3 is 0 Å². The number of anilines is 1. The molecule has 2 heterocycles. The van der Waals surface area contributed by atoms with Gasteiger partial charge in [0.1, 0.15) is 10.8 Å². The predicted octanol–water partition coefficient (Wildman–Crippen LogP) is 3.26. The van der Waals surface area contributed by atoms with Crippen molar-refractivity contribution in [2.75, 3.05) is 11.9 Å². The summed E-state index contributed by atoms with van der Waals surface area (Å²) in [5, 5.41) is 8.99. The van der Waals surface area contributed by atoms with Crippen molar-refractivity contribution in [1.29, 1.82) is 0 Å². The van der Waals surface area contributed by atoms with E-state index in [1.165, 1.54) is 25.7 Å². The molecular formula is C12H18ClN3. The van der Waals surface area contributed by atoms with Crippen LogP contribution in [0.1, 0.15) is 44.2 Å². The number of halogens is 1. The van der Waals surface area contributed by atoms with Crippen LogP contribution in [0.3, 0.4) is 0 Å². The fraction of sp³-hybridized carbons (Fsp3) is 0.750. The first-order valence-corrected chi connectivity index (χ1v) is 6.67. The number of rotatable bonds is 2. The molecule has 0 aromatic carbocycles. The van der Waals surface area contributed by atoms with Crippen LogP contribution in [0.15, 0.2) is 0 Å². The first kappa shape index (κ1) is 10.5. The van der Waals surface area contributed by atoms with Crippen molar-refractivity contribution in [1.82, 2.24) is 9.78 Å². The number of fused-ring (bicyclic) bond motifs is 1. The summed E-state index contributed by atoms with van der Waals surface area (Å²) >= 11 is 6.39. The quantitative estimate of drug-likeness (QED) is 0.859. The summed E-state index contributed by atoms with van der Waals surface area (Å²) in [4.78, 5) is 0. The summed E-state index contributed by atoms with van der Waals surface area (Å²) < 4.78 is 2.08. The molecule has 1 aliphatic carbocycles. The number of nitrogens with one attached hydrogen (secondary N) is 1. The summed E-state index contributed by atoms with van der Waals surface area (Å²) in [6.45, 7) is 4.28. The third kappa shape index (κ3) is 1.53. The fourth-order valence-corrected chi connectivity index (χ4v) is 2.88. The van der Waals surface area contributed by atoms with Gasteiger partial charge in [-0.1, -0.05) is 24.9 Å². The smallest absolute Gasteiger partial charge is 0.143 e. The maximum Gasteiger partial charge on any atom is 0.143 e. The van der Waals surface area contributed by atoms with E-state index >= 15 is 0 Å². The van der Waals surface area contributed by atoms with Crippen molar-refractivity contribution in [3.8, 4) is 0 Å². The lowest BCUT2D eigenvalue weighted by atomic mass is 9.83. The zero-order chi connectivity index (χ0) is 11.1. The Kier molecular flexibility index (Phi) is 2.58. The van der Waals surface area contributed by atoms with Crippen LogP contribution >= 0.6 is 11.6 Å². The molecule has 1 aliphatic heterocycles. The predicted molar refractivity (Wildman–Crippen MR) is 66.1 cm³/mol. The molecule has 1 aromatic heterocycles. The van der Waals surface area contributed by atoms with Crippen molar-refractivity contribution < 1.29 is 0 Å². The van der Waals surface area contributed by atoms with E-state index in [1.54, 1.807) is 0 Å². The average Bonchev–Trinajstić information content (AvgIpc) is 2.54. The second-order valence-electron chi connectivity index (χ2n) is 5.01. The van der Waals surface area contributed by atoms with Crippen LogP contribution in [0.5, 0.6) is 0 Å². The van der Waals surface area contributed by atoms with E-state index in [1.807, 2.05) is 0 Å². The van der Waals surface area contributed by atoms with Crippen molar-refractivity contribution in [2.45, 2.75) is 45.1 Å². The Balaban J connectivity index is 1.90. The van der Waals surface area contributed by atoms with Crippen molar-refractivity contribution in [2.24, 2.45) is 5.92 Å². The second-order valence-corrected chi connectivity index (χ2v) is 5.39. The van der Waals surface area contributed by atoms with Gasteiger partial charge in [0.25, 0.3) is 0 Å². The number of hydrogen-bond donors (Lipinski definition) is 1. The Morgan fingerprint density at radius 3 is 2.94 bits per heavy atom. The molecule has 4 heteroatoms. The van der Waals surface area contributed by atoms with Gasteiger partial charge in [-0.05, 0) is 25.2 Å². The molecule has 0 radical (unpaired) electrons. The third-order valence-corrected chi connectivity index (χ3v) is 4.35. The van der Waals surface area contributed by atoms with Crippen molar-refractivity contribution in [3.05, 3.63) is 10.7 Å². The van der Waals surface area contributed by atoms with E-state index < -0.39 is 0 Å². The summed E-state index contributed by atoms with van der Waals surface area (Å²) in [6.07, 6.45) is 5.04. The zero-order valence-electron chi connectivity index (χ0n) is 9.67. The Labute approximate surface area is 101 Å². The van der Waals surface area contributed by atoms with E-state index in [0.29, 0.717) is 11.8 Å². The fourth-order valence-electron chi connectivity index (χ4n) is 2.53. The Bertz CT molecular complexity index is 395. The van der Waals surface area contributed by atoms with Crippen LogP contribution in [-0.4, -0.2) is 16.3 Å². The molecule has 0 bridgehead atoms. The maximum absolute atomic E-state index is 6.39. The van der Waals surface area contributed by atoms with Gasteiger partial charge in [-0.3, -0.25) is 0 Å². The topological polar surface area (TPSA) is 29.9 Å². The van der Waals surface area contributed by atoms with Gasteiger partial charge in [-0.2, -0.15) is 5.10 Å². The minimum atomic E-state index is 0.618. The minimum absolute atomic E-state index is 0.618. The average molecular weight is 240 g/mol. The van der Waals surface area contributed by atoms with E-state index in [9.17, 15) is 0 Å². The zero-order valence-corrected chi connectivity index (χ0v) is 10.4. The van der Waals surface area contributed by atoms with Gasteiger partial charge in [-0.15, -0.1) is 0 Å². The molecule has 0 amide bonds. The van der Waals surface area contributed by atoms with Gasteiger partial charge in [0.05, 0.1) is 5.69 Å². The molecule has 3 rings (SSSR count). The van der Waals surface area contributed by atoms with Gasteiger partial charge in [-0.25, -0.2) is 4.68 Å². The van der Waals surface area contributed by atoms with E-state index in [-0.39, 0.29) is 0 Å². The molecule has 1 unspecified atom stereocenters. The summed E-state index contributed by atoms with van der Waals surface area (Å²) in [5.74, 6) is 2.36. The number of nitrogens with zero attached hydrogens (tertiary/aromatic N) is 2. The van der Waals surface area contributed by atoms with Crippen LogP contribution in [0.2, 0.25) is 5.02 Å². The minimum Gasteiger partial charge on any atom is -0.369 e. The van der Waals surface area contributed by atoms with Crippen LogP contribution in [0.25, 0.3) is 0 Å². The third-order valence-electron chi connectivity index (χ3n) is 3.98. The first-order valence-electron chi connectivity index (χ1n) is 6.29. The molecule has 3 nitrogen and oxygen atoms in total. The Morgan fingerprint density at radius 1 is 1.50 bits per heavy atom. The molecule has 1 aromatic rings. The molecule has 16 heavy (non-hydrogen) atoms. The summed E-state index contributed by atoms with van der Waals surface area (Å²) in [5.41, 5.74) is 1.13. The molecule has 0 spiro atoms. The molecular weight excluding hydrogens is 222 g/mol. The van der Waals surface area contributed by atoms with Gasteiger partial charge < -0.3 is 5.32 Å². The molecule has 2 aliphatic rings. The number of hydrogen-bond acceptors (Lipinski definition) is 2. The highest BCUT2D eigenvalue weighted by atomic mass is 35.5. The molecule has 88 valence electrons. The molecule has 1 fully saturated rings. The van der Waals surface area contributed by atoms with Gasteiger partial charge in [0.15, 0.2) is 0 Å². The van der Waals surface area contributed by atoms with Crippen LogP contribution in [0.4, 0.5) is 5.82 Å². The highest BCUT2D eigenvalue weighted by Crippen LogP contribution is 2.42. The van der Waals surface area contributed by atoms with E-state index in [4.69, 9.17) is 16.7 Å². The molecule has 1 saturated carbocycles. The van der Waals surface area contributed by atoms with Gasteiger partial charge in [0, 0.05) is 19.0 Å². The summed E-state index contributed by atoms with van der Waals surface area (Å²) in [7, 11) is 0. The van der Waals surface area contributed by atoms with E-state index in [0.717, 1.165) is 29.6 Å². The van der Waals surface area contributed by atoms with Gasteiger partial charge in [0.2, 0.25) is 0 Å². The SMILES string of the molecule is CCC1CNc2c(Cl)c(C3CCC3)nn2C1. The maximum atomic E-state index is 6.39. The molecule has 0 saturated heterocycles. The monoisotopic (exact) mass is 239 g/mol.